The average Bonchev–Trinajstić information content (AvgIpc) is 2.83. The normalized spacial score (nSPS) is 12.1. The molecule has 7 heteroatoms. The van der Waals surface area contributed by atoms with Gasteiger partial charge in [0.1, 0.15) is 0 Å². The summed E-state index contributed by atoms with van der Waals surface area (Å²) in [4.78, 5) is 20.1. The summed E-state index contributed by atoms with van der Waals surface area (Å²) in [5.74, 6) is -0.196. The molecule has 0 radical (unpaired) electrons. The highest BCUT2D eigenvalue weighted by Crippen LogP contribution is 2.17. The summed E-state index contributed by atoms with van der Waals surface area (Å²) in [5, 5.41) is 8.97. The van der Waals surface area contributed by atoms with E-state index in [9.17, 15) is 4.79 Å². The maximum atomic E-state index is 12.0. The Kier molecular flexibility index (Phi) is 3.74. The molecule has 0 bridgehead atoms. The highest BCUT2D eigenvalue weighted by molar-refractivity contribution is 5.90. The van der Waals surface area contributed by atoms with E-state index in [1.54, 1.807) is 6.20 Å². The highest BCUT2D eigenvalue weighted by Gasteiger charge is 2.18. The van der Waals surface area contributed by atoms with Crippen LogP contribution in [0.15, 0.2) is 18.3 Å². The van der Waals surface area contributed by atoms with Crippen LogP contribution in [-0.2, 0) is 0 Å². The number of H-pyrrole nitrogens is 1. The quantitative estimate of drug-likeness (QED) is 0.758. The third-order valence-electron chi connectivity index (χ3n) is 2.81. The third-order valence-corrected chi connectivity index (χ3v) is 2.81. The van der Waals surface area contributed by atoms with Gasteiger partial charge in [-0.1, -0.05) is 13.0 Å². The van der Waals surface area contributed by atoms with E-state index in [4.69, 9.17) is 5.73 Å². The second kappa shape index (κ2) is 5.47. The van der Waals surface area contributed by atoms with E-state index in [1.165, 1.54) is 0 Å². The Bertz CT molecular complexity index is 579. The SMILES string of the molecule is CC[C@H](NC(=O)c1nc(N)n[nH]1)c1ncccc1C. The fourth-order valence-electron chi connectivity index (χ4n) is 1.83. The summed E-state index contributed by atoms with van der Waals surface area (Å²) in [6.07, 6.45) is 2.44. The molecule has 0 aromatic carbocycles. The van der Waals surface area contributed by atoms with E-state index in [-0.39, 0.29) is 23.7 Å². The van der Waals surface area contributed by atoms with Crippen LogP contribution in [0.4, 0.5) is 5.95 Å². The molecular formula is C12H16N6O. The van der Waals surface area contributed by atoms with Gasteiger partial charge in [0.25, 0.3) is 5.91 Å². The number of pyridine rings is 1. The van der Waals surface area contributed by atoms with Crippen molar-refractivity contribution < 1.29 is 4.79 Å². The van der Waals surface area contributed by atoms with Crippen LogP contribution in [0.3, 0.4) is 0 Å². The molecule has 0 aliphatic carbocycles. The van der Waals surface area contributed by atoms with Crippen molar-refractivity contribution in [2.24, 2.45) is 0 Å². The van der Waals surface area contributed by atoms with Gasteiger partial charge in [-0.15, -0.1) is 5.10 Å². The monoisotopic (exact) mass is 260 g/mol. The Hall–Kier alpha value is -2.44. The van der Waals surface area contributed by atoms with Crippen LogP contribution in [0.1, 0.15) is 41.3 Å². The molecule has 1 atom stereocenters. The van der Waals surface area contributed by atoms with Gasteiger partial charge < -0.3 is 11.1 Å². The number of hydrogen-bond donors (Lipinski definition) is 3. The van der Waals surface area contributed by atoms with Crippen LogP contribution in [0.2, 0.25) is 0 Å². The molecule has 0 aliphatic heterocycles. The number of nitrogens with one attached hydrogen (secondary N) is 2. The van der Waals surface area contributed by atoms with Gasteiger partial charge in [-0.3, -0.25) is 14.9 Å². The number of nitrogens with two attached hydrogens (primary N) is 1. The Labute approximate surface area is 110 Å². The van der Waals surface area contributed by atoms with Gasteiger partial charge in [0.05, 0.1) is 11.7 Å². The van der Waals surface area contributed by atoms with Gasteiger partial charge in [-0.05, 0) is 25.0 Å². The maximum Gasteiger partial charge on any atom is 0.289 e. The van der Waals surface area contributed by atoms with Crippen molar-refractivity contribution in [3.63, 3.8) is 0 Å². The van der Waals surface area contributed by atoms with Gasteiger partial charge in [-0.2, -0.15) is 4.98 Å². The number of aromatic amines is 1. The molecule has 0 unspecified atom stereocenters. The van der Waals surface area contributed by atoms with Gasteiger partial charge in [0.15, 0.2) is 0 Å². The lowest BCUT2D eigenvalue weighted by molar-refractivity contribution is 0.0924. The first-order valence-corrected chi connectivity index (χ1v) is 6.02. The number of carbonyl (C=O) groups excluding carboxylic acids is 1. The Morgan fingerprint density at radius 3 is 2.95 bits per heavy atom. The van der Waals surface area contributed by atoms with Gasteiger partial charge >= 0.3 is 0 Å². The van der Waals surface area contributed by atoms with E-state index in [1.807, 2.05) is 26.0 Å². The number of hydrogen-bond acceptors (Lipinski definition) is 5. The Balaban J connectivity index is 2.16. The molecule has 2 rings (SSSR count). The van der Waals surface area contributed by atoms with Crippen molar-refractivity contribution in [1.29, 1.82) is 0 Å². The minimum Gasteiger partial charge on any atom is -0.366 e. The van der Waals surface area contributed by atoms with E-state index in [0.717, 1.165) is 17.7 Å². The first-order valence-electron chi connectivity index (χ1n) is 6.02. The predicted octanol–water partition coefficient (Wildman–Crippen LogP) is 0.971. The molecule has 19 heavy (non-hydrogen) atoms. The molecule has 2 heterocycles. The number of anilines is 1. The zero-order chi connectivity index (χ0) is 13.8. The van der Waals surface area contributed by atoms with E-state index in [2.05, 4.69) is 25.5 Å². The molecule has 7 nitrogen and oxygen atoms in total. The number of aryl methyl sites for hydroxylation is 1. The first-order chi connectivity index (χ1) is 9.11. The predicted molar refractivity (Wildman–Crippen MR) is 70.3 cm³/mol. The number of amides is 1. The van der Waals surface area contributed by atoms with Crippen LogP contribution in [0, 0.1) is 6.92 Å². The topological polar surface area (TPSA) is 110 Å². The summed E-state index contributed by atoms with van der Waals surface area (Å²) in [6.45, 7) is 3.94. The molecule has 0 saturated carbocycles. The lowest BCUT2D eigenvalue weighted by Gasteiger charge is -2.17. The van der Waals surface area contributed by atoms with Crippen molar-refractivity contribution in [2.45, 2.75) is 26.3 Å². The molecular weight excluding hydrogens is 244 g/mol. The average molecular weight is 260 g/mol. The molecule has 100 valence electrons. The molecule has 0 fully saturated rings. The summed E-state index contributed by atoms with van der Waals surface area (Å²) in [7, 11) is 0. The van der Waals surface area contributed by atoms with Crippen LogP contribution < -0.4 is 11.1 Å². The molecule has 1 amide bonds. The minimum atomic E-state index is -0.346. The summed E-state index contributed by atoms with van der Waals surface area (Å²) in [5.41, 5.74) is 7.26. The van der Waals surface area contributed by atoms with Gasteiger partial charge in [0.2, 0.25) is 11.8 Å². The summed E-state index contributed by atoms with van der Waals surface area (Å²) >= 11 is 0. The standard InChI is InChI=1S/C12H16N6O/c1-3-8(9-7(2)5-4-6-14-9)15-11(19)10-16-12(13)18-17-10/h4-6,8H,3H2,1-2H3,(H,15,19)(H3,13,16,17,18)/t8-/m0/s1. The van der Waals surface area contributed by atoms with Crippen LogP contribution >= 0.6 is 0 Å². The van der Waals surface area contributed by atoms with E-state index < -0.39 is 0 Å². The van der Waals surface area contributed by atoms with Crippen molar-refractivity contribution in [2.75, 3.05) is 5.73 Å². The van der Waals surface area contributed by atoms with Crippen LogP contribution in [0.25, 0.3) is 0 Å². The summed E-state index contributed by atoms with van der Waals surface area (Å²) in [6, 6.07) is 3.66. The fraction of sp³-hybridized carbons (Fsp3) is 0.333. The van der Waals surface area contributed by atoms with E-state index >= 15 is 0 Å². The number of nitrogens with zero attached hydrogens (tertiary/aromatic N) is 3. The molecule has 4 N–H and O–H groups in total. The van der Waals surface area contributed by atoms with Crippen LogP contribution in [-0.4, -0.2) is 26.1 Å². The molecule has 0 aliphatic rings. The third kappa shape index (κ3) is 2.87. The van der Waals surface area contributed by atoms with Crippen LogP contribution in [0.5, 0.6) is 0 Å². The number of rotatable bonds is 4. The van der Waals surface area contributed by atoms with Gasteiger partial charge in [0, 0.05) is 6.20 Å². The lowest BCUT2D eigenvalue weighted by atomic mass is 10.1. The van der Waals surface area contributed by atoms with Crippen molar-refractivity contribution >= 4 is 11.9 Å². The largest absolute Gasteiger partial charge is 0.366 e. The zero-order valence-corrected chi connectivity index (χ0v) is 10.8. The second-order valence-electron chi connectivity index (χ2n) is 4.18. The second-order valence-corrected chi connectivity index (χ2v) is 4.18. The Morgan fingerprint density at radius 1 is 1.58 bits per heavy atom. The van der Waals surface area contributed by atoms with Crippen molar-refractivity contribution in [3.05, 3.63) is 35.4 Å². The summed E-state index contributed by atoms with van der Waals surface area (Å²) < 4.78 is 0. The molecule has 2 aromatic heterocycles. The number of nitrogen functional groups attached to an aromatic ring is 1. The van der Waals surface area contributed by atoms with Gasteiger partial charge in [-0.25, -0.2) is 0 Å². The minimum absolute atomic E-state index is 0.0483. The lowest BCUT2D eigenvalue weighted by Crippen LogP contribution is -2.30. The highest BCUT2D eigenvalue weighted by atomic mass is 16.2. The fourth-order valence-corrected chi connectivity index (χ4v) is 1.83. The zero-order valence-electron chi connectivity index (χ0n) is 10.8. The first kappa shape index (κ1) is 13.0. The van der Waals surface area contributed by atoms with Crippen molar-refractivity contribution in [1.82, 2.24) is 25.5 Å². The molecule has 2 aromatic rings. The smallest absolute Gasteiger partial charge is 0.289 e. The number of aromatic nitrogens is 4. The number of carbonyl (C=O) groups is 1. The van der Waals surface area contributed by atoms with Crippen molar-refractivity contribution in [3.8, 4) is 0 Å². The molecule has 0 spiro atoms. The molecule has 0 saturated heterocycles. The maximum absolute atomic E-state index is 12.0. The Morgan fingerprint density at radius 2 is 2.37 bits per heavy atom. The van der Waals surface area contributed by atoms with E-state index in [0.29, 0.717) is 0 Å².